The van der Waals surface area contributed by atoms with Crippen molar-refractivity contribution in [3.05, 3.63) is 16.9 Å². The van der Waals surface area contributed by atoms with E-state index in [0.717, 1.165) is 0 Å². The number of carbonyl (C=O) groups is 1. The predicted octanol–water partition coefficient (Wildman–Crippen LogP) is 2.82. The summed E-state index contributed by atoms with van der Waals surface area (Å²) in [6.45, 7) is 7.74. The van der Waals surface area contributed by atoms with Gasteiger partial charge in [-0.25, -0.2) is 0 Å². The van der Waals surface area contributed by atoms with Crippen molar-refractivity contribution in [1.82, 2.24) is 9.78 Å². The van der Waals surface area contributed by atoms with E-state index in [4.69, 9.17) is 17.3 Å². The summed E-state index contributed by atoms with van der Waals surface area (Å²) in [4.78, 5) is 12.1. The maximum atomic E-state index is 12.1. The Labute approximate surface area is 107 Å². The molecule has 0 unspecified atom stereocenters. The van der Waals surface area contributed by atoms with Gasteiger partial charge in [0.25, 0.3) is 0 Å². The van der Waals surface area contributed by atoms with Crippen LogP contribution in [0.3, 0.4) is 0 Å². The van der Waals surface area contributed by atoms with Crippen LogP contribution >= 0.6 is 11.6 Å². The van der Waals surface area contributed by atoms with Crippen LogP contribution in [-0.4, -0.2) is 21.1 Å². The topological polar surface area (TPSA) is 60.9 Å². The molecule has 0 fully saturated rings. The number of nitrogens with two attached hydrogens (primary N) is 1. The molecule has 0 aromatic carbocycles. The molecule has 0 amide bonds. The van der Waals surface area contributed by atoms with Crippen molar-refractivity contribution in [2.75, 3.05) is 0 Å². The van der Waals surface area contributed by atoms with E-state index in [1.165, 1.54) is 6.20 Å². The molecule has 0 aliphatic rings. The van der Waals surface area contributed by atoms with Gasteiger partial charge in [0, 0.05) is 18.0 Å². The van der Waals surface area contributed by atoms with Gasteiger partial charge in [-0.2, -0.15) is 5.10 Å². The molecule has 0 saturated heterocycles. The Bertz CT molecular complexity index is 404. The van der Waals surface area contributed by atoms with E-state index in [9.17, 15) is 4.79 Å². The largest absolute Gasteiger partial charge is 0.326 e. The molecule has 5 heteroatoms. The Morgan fingerprint density at radius 3 is 2.65 bits per heavy atom. The van der Waals surface area contributed by atoms with Gasteiger partial charge in [0.1, 0.15) is 5.69 Å². The van der Waals surface area contributed by atoms with Gasteiger partial charge in [0.2, 0.25) is 0 Å². The van der Waals surface area contributed by atoms with Crippen LogP contribution in [0.1, 0.15) is 57.1 Å². The summed E-state index contributed by atoms with van der Waals surface area (Å²) in [6.07, 6.45) is 2.54. The fourth-order valence-electron chi connectivity index (χ4n) is 1.55. The molecule has 0 saturated carbocycles. The van der Waals surface area contributed by atoms with E-state index in [-0.39, 0.29) is 17.4 Å². The molecule has 17 heavy (non-hydrogen) atoms. The third kappa shape index (κ3) is 3.82. The lowest BCUT2D eigenvalue weighted by molar-refractivity contribution is 0.0960. The Kier molecular flexibility index (Phi) is 4.33. The maximum absolute atomic E-state index is 12.1. The molecule has 0 aliphatic carbocycles. The molecule has 1 heterocycles. The van der Waals surface area contributed by atoms with Crippen molar-refractivity contribution in [2.45, 2.75) is 52.1 Å². The highest BCUT2D eigenvalue weighted by Crippen LogP contribution is 2.22. The summed E-state index contributed by atoms with van der Waals surface area (Å²) >= 11 is 6.00. The normalized spacial score (nSPS) is 12.2. The summed E-state index contributed by atoms with van der Waals surface area (Å²) in [6, 6.07) is 0.118. The van der Waals surface area contributed by atoms with Crippen LogP contribution in [0.25, 0.3) is 0 Å². The van der Waals surface area contributed by atoms with E-state index < -0.39 is 0 Å². The number of hydrogen-bond acceptors (Lipinski definition) is 3. The smallest absolute Gasteiger partial charge is 0.182 e. The highest BCUT2D eigenvalue weighted by molar-refractivity contribution is 6.33. The standard InChI is InChI=1S/C12H20ClN3O/c1-8(2)16-11(9(13)7-15-16)10(17)5-6-12(3,4)14/h7-8H,5-6,14H2,1-4H3. The zero-order valence-electron chi connectivity index (χ0n) is 10.8. The minimum absolute atomic E-state index is 0.000255. The molecule has 2 N–H and O–H groups in total. The van der Waals surface area contributed by atoms with Gasteiger partial charge in [-0.05, 0) is 34.1 Å². The van der Waals surface area contributed by atoms with Gasteiger partial charge in [-0.1, -0.05) is 11.6 Å². The van der Waals surface area contributed by atoms with Gasteiger partial charge in [0.15, 0.2) is 5.78 Å². The third-order valence-corrected chi connectivity index (χ3v) is 2.78. The number of aromatic nitrogens is 2. The van der Waals surface area contributed by atoms with Crippen molar-refractivity contribution in [3.8, 4) is 0 Å². The lowest BCUT2D eigenvalue weighted by atomic mass is 9.97. The molecule has 1 aromatic rings. The van der Waals surface area contributed by atoms with Crippen LogP contribution in [0.4, 0.5) is 0 Å². The molecule has 96 valence electrons. The van der Waals surface area contributed by atoms with Crippen LogP contribution in [0, 0.1) is 0 Å². The fourth-order valence-corrected chi connectivity index (χ4v) is 1.78. The molecule has 0 bridgehead atoms. The number of carbonyl (C=O) groups excluding carboxylic acids is 1. The first kappa shape index (κ1) is 14.2. The van der Waals surface area contributed by atoms with Gasteiger partial charge in [0.05, 0.1) is 11.2 Å². The second-order valence-corrected chi connectivity index (χ2v) is 5.70. The number of Topliss-reactive ketones (excluding diaryl/α,β-unsaturated/α-hetero) is 1. The average Bonchev–Trinajstić information content (AvgIpc) is 2.55. The quantitative estimate of drug-likeness (QED) is 0.825. The Morgan fingerprint density at radius 1 is 1.59 bits per heavy atom. The summed E-state index contributed by atoms with van der Waals surface area (Å²) in [7, 11) is 0. The maximum Gasteiger partial charge on any atom is 0.182 e. The van der Waals surface area contributed by atoms with Gasteiger partial charge < -0.3 is 5.73 Å². The Balaban J connectivity index is 2.85. The first-order valence-corrected chi connectivity index (χ1v) is 6.15. The molecular formula is C12H20ClN3O. The monoisotopic (exact) mass is 257 g/mol. The average molecular weight is 258 g/mol. The van der Waals surface area contributed by atoms with E-state index in [2.05, 4.69) is 5.10 Å². The molecule has 0 aliphatic heterocycles. The van der Waals surface area contributed by atoms with Crippen molar-refractivity contribution >= 4 is 17.4 Å². The number of hydrogen-bond donors (Lipinski definition) is 1. The number of halogens is 1. The number of nitrogens with zero attached hydrogens (tertiary/aromatic N) is 2. The first-order valence-electron chi connectivity index (χ1n) is 5.77. The van der Waals surface area contributed by atoms with Crippen molar-refractivity contribution in [2.24, 2.45) is 5.73 Å². The summed E-state index contributed by atoms with van der Waals surface area (Å²) in [5.74, 6) is -0.000255. The SMILES string of the molecule is CC(C)n1ncc(Cl)c1C(=O)CCC(C)(C)N. The second-order valence-electron chi connectivity index (χ2n) is 5.29. The molecule has 1 rings (SSSR count). The van der Waals surface area contributed by atoms with Gasteiger partial charge in [-0.3, -0.25) is 9.48 Å². The molecule has 1 aromatic heterocycles. The zero-order chi connectivity index (χ0) is 13.2. The van der Waals surface area contributed by atoms with Gasteiger partial charge in [-0.15, -0.1) is 0 Å². The van der Waals surface area contributed by atoms with E-state index >= 15 is 0 Å². The molecule has 0 radical (unpaired) electrons. The van der Waals surface area contributed by atoms with E-state index in [1.54, 1.807) is 4.68 Å². The van der Waals surface area contributed by atoms with Gasteiger partial charge >= 0.3 is 0 Å². The zero-order valence-corrected chi connectivity index (χ0v) is 11.6. The van der Waals surface area contributed by atoms with Crippen LogP contribution in [-0.2, 0) is 0 Å². The van der Waals surface area contributed by atoms with Crippen LogP contribution in [0.5, 0.6) is 0 Å². The molecule has 0 atom stereocenters. The van der Waals surface area contributed by atoms with Crippen molar-refractivity contribution in [1.29, 1.82) is 0 Å². The molecule has 0 spiro atoms. The van der Waals surface area contributed by atoms with E-state index in [0.29, 0.717) is 23.6 Å². The number of ketones is 1. The highest BCUT2D eigenvalue weighted by atomic mass is 35.5. The third-order valence-electron chi connectivity index (χ3n) is 2.50. The summed E-state index contributed by atoms with van der Waals surface area (Å²) in [5.41, 5.74) is 6.01. The summed E-state index contributed by atoms with van der Waals surface area (Å²) in [5, 5.41) is 4.53. The lowest BCUT2D eigenvalue weighted by Crippen LogP contribution is -2.32. The predicted molar refractivity (Wildman–Crippen MR) is 69.5 cm³/mol. The van der Waals surface area contributed by atoms with Crippen LogP contribution < -0.4 is 5.73 Å². The minimum Gasteiger partial charge on any atom is -0.326 e. The van der Waals surface area contributed by atoms with Crippen LogP contribution in [0.15, 0.2) is 6.20 Å². The number of rotatable bonds is 5. The van der Waals surface area contributed by atoms with Crippen molar-refractivity contribution < 1.29 is 4.79 Å². The van der Waals surface area contributed by atoms with E-state index in [1.807, 2.05) is 27.7 Å². The Hall–Kier alpha value is -0.870. The summed E-state index contributed by atoms with van der Waals surface area (Å²) < 4.78 is 1.66. The fraction of sp³-hybridized carbons (Fsp3) is 0.667. The highest BCUT2D eigenvalue weighted by Gasteiger charge is 2.21. The first-order chi connectivity index (χ1) is 7.72. The Morgan fingerprint density at radius 2 is 2.18 bits per heavy atom. The van der Waals surface area contributed by atoms with Crippen LogP contribution in [0.2, 0.25) is 5.02 Å². The molecular weight excluding hydrogens is 238 g/mol. The second kappa shape index (κ2) is 5.19. The van der Waals surface area contributed by atoms with Crippen molar-refractivity contribution in [3.63, 3.8) is 0 Å². The lowest BCUT2D eigenvalue weighted by Gasteiger charge is -2.18. The molecule has 4 nitrogen and oxygen atoms in total. The minimum atomic E-state index is -0.342.